The van der Waals surface area contributed by atoms with Crippen LogP contribution in [0.3, 0.4) is 0 Å². The molecule has 0 aliphatic carbocycles. The van der Waals surface area contributed by atoms with Crippen molar-refractivity contribution in [3.8, 4) is 0 Å². The van der Waals surface area contributed by atoms with Gasteiger partial charge in [-0.2, -0.15) is 0 Å². The SMILES string of the molecule is Cc1c(Br)cccc1C(=O)NC(CCl)Cc1ccccc1. The molecule has 21 heavy (non-hydrogen) atoms. The number of rotatable bonds is 5. The molecule has 0 fully saturated rings. The second kappa shape index (κ2) is 7.62. The molecule has 2 aromatic carbocycles. The number of benzene rings is 2. The van der Waals surface area contributed by atoms with Gasteiger partial charge in [0.25, 0.3) is 5.91 Å². The van der Waals surface area contributed by atoms with Gasteiger partial charge in [-0.15, -0.1) is 11.6 Å². The number of halogens is 2. The van der Waals surface area contributed by atoms with Crippen LogP contribution < -0.4 is 5.32 Å². The molecule has 0 heterocycles. The van der Waals surface area contributed by atoms with E-state index in [2.05, 4.69) is 21.2 Å². The summed E-state index contributed by atoms with van der Waals surface area (Å²) >= 11 is 9.44. The second-order valence-corrected chi connectivity index (χ2v) is 6.09. The summed E-state index contributed by atoms with van der Waals surface area (Å²) in [6, 6.07) is 15.5. The van der Waals surface area contributed by atoms with Crippen LogP contribution in [0.25, 0.3) is 0 Å². The zero-order valence-corrected chi connectivity index (χ0v) is 14.1. The van der Waals surface area contributed by atoms with Gasteiger partial charge in [0.15, 0.2) is 0 Å². The smallest absolute Gasteiger partial charge is 0.251 e. The standard InChI is InChI=1S/C17H17BrClNO/c1-12-15(8-5-9-16(12)18)17(21)20-14(11-19)10-13-6-3-2-4-7-13/h2-9,14H,10-11H2,1H3,(H,20,21). The monoisotopic (exact) mass is 365 g/mol. The average molecular weight is 367 g/mol. The molecule has 4 heteroatoms. The van der Waals surface area contributed by atoms with Crippen molar-refractivity contribution in [1.82, 2.24) is 5.32 Å². The summed E-state index contributed by atoms with van der Waals surface area (Å²) in [6.45, 7) is 1.92. The minimum Gasteiger partial charge on any atom is -0.348 e. The fourth-order valence-corrected chi connectivity index (χ4v) is 2.71. The molecule has 2 rings (SSSR count). The Bertz CT molecular complexity index is 615. The molecule has 110 valence electrons. The lowest BCUT2D eigenvalue weighted by Crippen LogP contribution is -2.38. The Morgan fingerprint density at radius 3 is 2.57 bits per heavy atom. The Kier molecular flexibility index (Phi) is 5.83. The summed E-state index contributed by atoms with van der Waals surface area (Å²) in [4.78, 5) is 12.4. The maximum absolute atomic E-state index is 12.4. The normalized spacial score (nSPS) is 12.0. The highest BCUT2D eigenvalue weighted by Crippen LogP contribution is 2.19. The van der Waals surface area contributed by atoms with Crippen LogP contribution in [0.1, 0.15) is 21.5 Å². The van der Waals surface area contributed by atoms with E-state index in [1.807, 2.05) is 55.5 Å². The Hall–Kier alpha value is -1.32. The van der Waals surface area contributed by atoms with E-state index in [0.717, 1.165) is 22.0 Å². The third kappa shape index (κ3) is 4.32. The van der Waals surface area contributed by atoms with Crippen molar-refractivity contribution < 1.29 is 4.79 Å². The number of hydrogen-bond donors (Lipinski definition) is 1. The summed E-state index contributed by atoms with van der Waals surface area (Å²) in [7, 11) is 0. The molecule has 0 saturated carbocycles. The summed E-state index contributed by atoms with van der Waals surface area (Å²) < 4.78 is 0.931. The topological polar surface area (TPSA) is 29.1 Å². The molecule has 0 radical (unpaired) electrons. The first kappa shape index (κ1) is 16.1. The van der Waals surface area contributed by atoms with Gasteiger partial charge in [0.05, 0.1) is 0 Å². The van der Waals surface area contributed by atoms with Crippen LogP contribution in [-0.2, 0) is 6.42 Å². The van der Waals surface area contributed by atoms with Gasteiger partial charge in [0.1, 0.15) is 0 Å². The van der Waals surface area contributed by atoms with Crippen LogP contribution in [0.2, 0.25) is 0 Å². The lowest BCUT2D eigenvalue weighted by molar-refractivity contribution is 0.0940. The number of alkyl halides is 1. The summed E-state index contributed by atoms with van der Waals surface area (Å²) in [5.41, 5.74) is 2.77. The number of carbonyl (C=O) groups is 1. The molecule has 0 spiro atoms. The van der Waals surface area contributed by atoms with Crippen molar-refractivity contribution in [3.05, 3.63) is 69.7 Å². The number of carbonyl (C=O) groups excluding carboxylic acids is 1. The highest BCUT2D eigenvalue weighted by Gasteiger charge is 2.15. The lowest BCUT2D eigenvalue weighted by atomic mass is 10.1. The Morgan fingerprint density at radius 1 is 1.19 bits per heavy atom. The van der Waals surface area contributed by atoms with E-state index < -0.39 is 0 Å². The van der Waals surface area contributed by atoms with Gasteiger partial charge in [-0.25, -0.2) is 0 Å². The van der Waals surface area contributed by atoms with Crippen LogP contribution in [0.4, 0.5) is 0 Å². The van der Waals surface area contributed by atoms with E-state index >= 15 is 0 Å². The first-order chi connectivity index (χ1) is 10.1. The molecule has 1 amide bonds. The number of hydrogen-bond acceptors (Lipinski definition) is 1. The molecule has 0 bridgehead atoms. The zero-order valence-electron chi connectivity index (χ0n) is 11.8. The van der Waals surface area contributed by atoms with Crippen LogP contribution in [-0.4, -0.2) is 17.8 Å². The van der Waals surface area contributed by atoms with Crippen LogP contribution >= 0.6 is 27.5 Å². The van der Waals surface area contributed by atoms with Gasteiger partial charge >= 0.3 is 0 Å². The van der Waals surface area contributed by atoms with Gasteiger partial charge in [-0.05, 0) is 36.6 Å². The van der Waals surface area contributed by atoms with Crippen LogP contribution in [0.5, 0.6) is 0 Å². The van der Waals surface area contributed by atoms with Crippen molar-refractivity contribution in [1.29, 1.82) is 0 Å². The molecule has 2 aromatic rings. The highest BCUT2D eigenvalue weighted by molar-refractivity contribution is 9.10. The fourth-order valence-electron chi connectivity index (χ4n) is 2.16. The molecule has 0 aromatic heterocycles. The van der Waals surface area contributed by atoms with Gasteiger partial charge in [0, 0.05) is 22.0 Å². The summed E-state index contributed by atoms with van der Waals surface area (Å²) in [5.74, 6) is 0.295. The van der Waals surface area contributed by atoms with Gasteiger partial charge in [-0.1, -0.05) is 52.3 Å². The van der Waals surface area contributed by atoms with Gasteiger partial charge in [0.2, 0.25) is 0 Å². The zero-order chi connectivity index (χ0) is 15.2. The number of amides is 1. The molecule has 2 nitrogen and oxygen atoms in total. The van der Waals surface area contributed by atoms with Gasteiger partial charge in [-0.3, -0.25) is 4.79 Å². The van der Waals surface area contributed by atoms with Crippen molar-refractivity contribution in [2.45, 2.75) is 19.4 Å². The van der Waals surface area contributed by atoms with Crippen molar-refractivity contribution in [2.24, 2.45) is 0 Å². The predicted octanol–water partition coefficient (Wildman–Crippen LogP) is 4.34. The maximum Gasteiger partial charge on any atom is 0.251 e. The Labute approximate surface area is 138 Å². The Balaban J connectivity index is 2.08. The number of nitrogens with one attached hydrogen (secondary N) is 1. The van der Waals surface area contributed by atoms with Crippen molar-refractivity contribution in [2.75, 3.05) is 5.88 Å². The van der Waals surface area contributed by atoms with Crippen LogP contribution in [0.15, 0.2) is 53.0 Å². The average Bonchev–Trinajstić information content (AvgIpc) is 2.50. The first-order valence-electron chi connectivity index (χ1n) is 6.77. The quantitative estimate of drug-likeness (QED) is 0.784. The second-order valence-electron chi connectivity index (χ2n) is 4.93. The molecule has 1 atom stereocenters. The molecular weight excluding hydrogens is 350 g/mol. The molecule has 0 aliphatic heterocycles. The van der Waals surface area contributed by atoms with Crippen molar-refractivity contribution >= 4 is 33.4 Å². The van der Waals surface area contributed by atoms with E-state index in [-0.39, 0.29) is 11.9 Å². The van der Waals surface area contributed by atoms with E-state index in [1.54, 1.807) is 0 Å². The highest BCUT2D eigenvalue weighted by atomic mass is 79.9. The third-order valence-corrected chi connectivity index (χ3v) is 4.59. The van der Waals surface area contributed by atoms with E-state index in [4.69, 9.17) is 11.6 Å². The summed E-state index contributed by atoms with van der Waals surface area (Å²) in [6.07, 6.45) is 0.725. The first-order valence-corrected chi connectivity index (χ1v) is 8.10. The van der Waals surface area contributed by atoms with Crippen molar-refractivity contribution in [3.63, 3.8) is 0 Å². The minimum atomic E-state index is -0.0876. The van der Waals surface area contributed by atoms with Gasteiger partial charge < -0.3 is 5.32 Å². The molecule has 1 unspecified atom stereocenters. The van der Waals surface area contributed by atoms with E-state index in [9.17, 15) is 4.79 Å². The maximum atomic E-state index is 12.4. The van der Waals surface area contributed by atoms with E-state index in [0.29, 0.717) is 11.4 Å². The molecule has 1 N–H and O–H groups in total. The Morgan fingerprint density at radius 2 is 1.90 bits per heavy atom. The lowest BCUT2D eigenvalue weighted by Gasteiger charge is -2.17. The molecule has 0 saturated heterocycles. The van der Waals surface area contributed by atoms with Crippen LogP contribution in [0, 0.1) is 6.92 Å². The predicted molar refractivity (Wildman–Crippen MR) is 91.0 cm³/mol. The third-order valence-electron chi connectivity index (χ3n) is 3.36. The van der Waals surface area contributed by atoms with E-state index in [1.165, 1.54) is 0 Å². The minimum absolute atomic E-state index is 0.0834. The molecule has 0 aliphatic rings. The fraction of sp³-hybridized carbons (Fsp3) is 0.235. The summed E-state index contributed by atoms with van der Waals surface area (Å²) in [5, 5.41) is 3.01. The molecular formula is C17H17BrClNO. The largest absolute Gasteiger partial charge is 0.348 e.